The summed E-state index contributed by atoms with van der Waals surface area (Å²) < 4.78 is 0. The van der Waals surface area contributed by atoms with E-state index in [4.69, 9.17) is 5.73 Å². The molecule has 0 bridgehead atoms. The molecule has 2 rings (SSSR count). The first kappa shape index (κ1) is 11.0. The molecule has 0 aliphatic carbocycles. The van der Waals surface area contributed by atoms with E-state index in [1.807, 2.05) is 0 Å². The number of aromatic nitrogens is 2. The van der Waals surface area contributed by atoms with Crippen LogP contribution in [0.4, 0.5) is 5.95 Å². The minimum Gasteiger partial charge on any atom is -0.369 e. The summed E-state index contributed by atoms with van der Waals surface area (Å²) in [5.41, 5.74) is 6.97. The van der Waals surface area contributed by atoms with Crippen LogP contribution in [0, 0.1) is 0 Å². The summed E-state index contributed by atoms with van der Waals surface area (Å²) in [5.74, 6) is 0.214. The lowest BCUT2D eigenvalue weighted by Crippen LogP contribution is -2.20. The van der Waals surface area contributed by atoms with Crippen LogP contribution in [0.1, 0.15) is 11.3 Å². The molecule has 0 atom stereocenters. The van der Waals surface area contributed by atoms with Crippen LogP contribution in [0.25, 0.3) is 0 Å². The van der Waals surface area contributed by atoms with Gasteiger partial charge in [0.25, 0.3) is 5.56 Å². The summed E-state index contributed by atoms with van der Waals surface area (Å²) in [6.45, 7) is 1.70. The fraction of sp³-hybridized carbons (Fsp3) is 0.500. The van der Waals surface area contributed by atoms with Gasteiger partial charge in [0.05, 0.1) is 5.69 Å². The third-order valence-electron chi connectivity index (χ3n) is 2.21. The van der Waals surface area contributed by atoms with Crippen molar-refractivity contribution in [2.24, 2.45) is 0 Å². The zero-order chi connectivity index (χ0) is 9.26. The molecule has 0 unspecified atom stereocenters. The molecule has 1 aliphatic rings. The number of aromatic amines is 1. The Morgan fingerprint density at radius 1 is 1.29 bits per heavy atom. The van der Waals surface area contributed by atoms with Crippen LogP contribution in [0.5, 0.6) is 0 Å². The molecule has 1 aromatic heterocycles. The minimum atomic E-state index is -0.0915. The average Bonchev–Trinajstić information content (AvgIpc) is 2.28. The maximum Gasteiger partial charge on any atom is 0.255 e. The lowest BCUT2D eigenvalue weighted by Gasteiger charge is -2.02. The van der Waals surface area contributed by atoms with Gasteiger partial charge < -0.3 is 11.1 Å². The number of fused-ring (bicyclic) bond motifs is 1. The van der Waals surface area contributed by atoms with Crippen molar-refractivity contribution in [3.05, 3.63) is 21.6 Å². The highest BCUT2D eigenvalue weighted by molar-refractivity contribution is 5.85. The van der Waals surface area contributed by atoms with Crippen LogP contribution in [-0.2, 0) is 12.8 Å². The van der Waals surface area contributed by atoms with Gasteiger partial charge in [-0.05, 0) is 13.0 Å². The van der Waals surface area contributed by atoms with Crippen LogP contribution in [0.2, 0.25) is 0 Å². The van der Waals surface area contributed by atoms with Gasteiger partial charge in [-0.2, -0.15) is 0 Å². The molecular weight excluding hydrogens is 204 g/mol. The largest absolute Gasteiger partial charge is 0.369 e. The predicted molar refractivity (Wildman–Crippen MR) is 56.8 cm³/mol. The second-order valence-electron chi connectivity index (χ2n) is 3.13. The van der Waals surface area contributed by atoms with Crippen molar-refractivity contribution in [2.75, 3.05) is 18.8 Å². The fourth-order valence-electron chi connectivity index (χ4n) is 1.57. The highest BCUT2D eigenvalue weighted by Gasteiger charge is 2.12. The molecule has 6 heteroatoms. The fourth-order valence-corrected chi connectivity index (χ4v) is 1.57. The van der Waals surface area contributed by atoms with E-state index in [-0.39, 0.29) is 23.9 Å². The van der Waals surface area contributed by atoms with Crippen molar-refractivity contribution in [3.8, 4) is 0 Å². The molecule has 0 amide bonds. The lowest BCUT2D eigenvalue weighted by molar-refractivity contribution is 0.708. The molecule has 1 aromatic rings. The summed E-state index contributed by atoms with van der Waals surface area (Å²) in [6, 6.07) is 0. The lowest BCUT2D eigenvalue weighted by atomic mass is 10.1. The molecule has 5 nitrogen and oxygen atoms in total. The number of hydrogen-bond acceptors (Lipinski definition) is 4. The van der Waals surface area contributed by atoms with E-state index < -0.39 is 0 Å². The van der Waals surface area contributed by atoms with E-state index in [1.54, 1.807) is 0 Å². The topological polar surface area (TPSA) is 83.8 Å². The van der Waals surface area contributed by atoms with Crippen molar-refractivity contribution in [3.63, 3.8) is 0 Å². The second kappa shape index (κ2) is 4.43. The second-order valence-corrected chi connectivity index (χ2v) is 3.13. The Labute approximate surface area is 87.5 Å². The van der Waals surface area contributed by atoms with E-state index in [0.29, 0.717) is 0 Å². The quantitative estimate of drug-likeness (QED) is 0.544. The number of anilines is 1. The Bertz CT molecular complexity index is 376. The van der Waals surface area contributed by atoms with E-state index >= 15 is 0 Å². The first-order chi connectivity index (χ1) is 6.27. The number of rotatable bonds is 0. The maximum absolute atomic E-state index is 11.4. The number of nitrogens with two attached hydrogens (primary N) is 1. The molecule has 0 radical (unpaired) electrons. The third-order valence-corrected chi connectivity index (χ3v) is 2.21. The Hall–Kier alpha value is -1.07. The summed E-state index contributed by atoms with van der Waals surface area (Å²) in [6.07, 6.45) is 1.52. The van der Waals surface area contributed by atoms with E-state index in [2.05, 4.69) is 15.3 Å². The normalized spacial score (nSPS) is 15.1. The molecule has 1 aliphatic heterocycles. The van der Waals surface area contributed by atoms with Gasteiger partial charge in [0.1, 0.15) is 0 Å². The molecule has 14 heavy (non-hydrogen) atoms. The molecular formula is C8H13ClN4O. The van der Waals surface area contributed by atoms with Gasteiger partial charge in [-0.1, -0.05) is 0 Å². The van der Waals surface area contributed by atoms with E-state index in [9.17, 15) is 4.79 Å². The number of hydrogen-bond donors (Lipinski definition) is 3. The Morgan fingerprint density at radius 2 is 2.00 bits per heavy atom. The molecule has 4 N–H and O–H groups in total. The van der Waals surface area contributed by atoms with Crippen molar-refractivity contribution in [2.45, 2.75) is 12.8 Å². The zero-order valence-corrected chi connectivity index (χ0v) is 8.49. The number of nitrogens with one attached hydrogen (secondary N) is 2. The van der Waals surface area contributed by atoms with Crippen LogP contribution in [-0.4, -0.2) is 23.1 Å². The summed E-state index contributed by atoms with van der Waals surface area (Å²) >= 11 is 0. The first-order valence-electron chi connectivity index (χ1n) is 4.35. The third kappa shape index (κ3) is 2.05. The van der Waals surface area contributed by atoms with E-state index in [1.165, 1.54) is 0 Å². The van der Waals surface area contributed by atoms with Crippen molar-refractivity contribution in [1.29, 1.82) is 0 Å². The molecule has 78 valence electrons. The molecule has 0 fully saturated rings. The smallest absolute Gasteiger partial charge is 0.255 e. The highest BCUT2D eigenvalue weighted by atomic mass is 35.5. The maximum atomic E-state index is 11.4. The summed E-state index contributed by atoms with van der Waals surface area (Å²) in [4.78, 5) is 18.1. The zero-order valence-electron chi connectivity index (χ0n) is 7.67. The van der Waals surface area contributed by atoms with Crippen molar-refractivity contribution >= 4 is 18.4 Å². The van der Waals surface area contributed by atoms with Gasteiger partial charge in [-0.3, -0.25) is 9.78 Å². The number of nitrogen functional groups attached to an aromatic ring is 1. The number of halogens is 1. The summed E-state index contributed by atoms with van der Waals surface area (Å²) in [7, 11) is 0. The predicted octanol–water partition coefficient (Wildman–Crippen LogP) is -0.538. The Kier molecular flexibility index (Phi) is 3.49. The van der Waals surface area contributed by atoms with Crippen LogP contribution in [0.3, 0.4) is 0 Å². The SMILES string of the molecule is Cl.Nc1nc2c(c(=O)[nH]1)CCNCC2. The number of nitrogens with zero attached hydrogens (tertiary/aromatic N) is 1. The van der Waals surface area contributed by atoms with E-state index in [0.717, 1.165) is 37.2 Å². The van der Waals surface area contributed by atoms with Crippen LogP contribution >= 0.6 is 12.4 Å². The van der Waals surface area contributed by atoms with Gasteiger partial charge in [-0.15, -0.1) is 12.4 Å². The monoisotopic (exact) mass is 216 g/mol. The molecule has 2 heterocycles. The highest BCUT2D eigenvalue weighted by Crippen LogP contribution is 2.05. The van der Waals surface area contributed by atoms with Gasteiger partial charge in [0.2, 0.25) is 5.95 Å². The Morgan fingerprint density at radius 3 is 2.79 bits per heavy atom. The van der Waals surface area contributed by atoms with Crippen LogP contribution < -0.4 is 16.6 Å². The first-order valence-corrected chi connectivity index (χ1v) is 4.35. The summed E-state index contributed by atoms with van der Waals surface area (Å²) in [5, 5.41) is 3.21. The molecule has 0 spiro atoms. The number of H-pyrrole nitrogens is 1. The molecule has 0 aromatic carbocycles. The standard InChI is InChI=1S/C8H12N4O.ClH/c9-8-11-6-2-4-10-3-1-5(6)7(13)12-8;/h10H,1-4H2,(H3,9,11,12,13);1H. The minimum absolute atomic E-state index is 0. The van der Waals surface area contributed by atoms with Crippen molar-refractivity contribution in [1.82, 2.24) is 15.3 Å². The average molecular weight is 217 g/mol. The van der Waals surface area contributed by atoms with Gasteiger partial charge >= 0.3 is 0 Å². The Balaban J connectivity index is 0.000000980. The van der Waals surface area contributed by atoms with Crippen LogP contribution in [0.15, 0.2) is 4.79 Å². The van der Waals surface area contributed by atoms with Crippen molar-refractivity contribution < 1.29 is 0 Å². The van der Waals surface area contributed by atoms with Gasteiger partial charge in [0, 0.05) is 18.5 Å². The van der Waals surface area contributed by atoms with Gasteiger partial charge in [0.15, 0.2) is 0 Å². The van der Waals surface area contributed by atoms with Gasteiger partial charge in [-0.25, -0.2) is 4.98 Å². The molecule has 0 saturated heterocycles. The molecule has 0 saturated carbocycles.